The summed E-state index contributed by atoms with van der Waals surface area (Å²) in [4.78, 5) is 1.23. The average molecular weight is 318 g/mol. The van der Waals surface area contributed by atoms with Crippen LogP contribution in [0.1, 0.15) is 26.3 Å². The van der Waals surface area contributed by atoms with Gasteiger partial charge >= 0.3 is 0 Å². The fourth-order valence-electron chi connectivity index (χ4n) is 1.34. The summed E-state index contributed by atoms with van der Waals surface area (Å²) in [7, 11) is 0. The smallest absolute Gasteiger partial charge is 0.0631 e. The Morgan fingerprint density at radius 2 is 2.12 bits per heavy atom. The number of hydrogen-bond acceptors (Lipinski definition) is 3. The second kappa shape index (κ2) is 7.41. The maximum absolute atomic E-state index is 9.57. The molecule has 0 heterocycles. The number of hydrogen-bond donors (Lipinski definition) is 2. The average Bonchev–Trinajstić information content (AvgIpc) is 2.28. The minimum atomic E-state index is -0.300. The van der Waals surface area contributed by atoms with E-state index in [0.29, 0.717) is 0 Å². The zero-order valence-electron chi connectivity index (χ0n) is 10.5. The lowest BCUT2D eigenvalue weighted by Gasteiger charge is -2.17. The van der Waals surface area contributed by atoms with E-state index in [0.717, 1.165) is 17.6 Å². The van der Waals surface area contributed by atoms with Crippen LogP contribution in [0.2, 0.25) is 0 Å². The van der Waals surface area contributed by atoms with E-state index in [4.69, 9.17) is 0 Å². The predicted octanol–water partition coefficient (Wildman–Crippen LogP) is 3.42. The van der Waals surface area contributed by atoms with Gasteiger partial charge in [-0.25, -0.2) is 0 Å². The Morgan fingerprint density at radius 3 is 2.71 bits per heavy atom. The highest BCUT2D eigenvalue weighted by atomic mass is 79.9. The van der Waals surface area contributed by atoms with Crippen LogP contribution in [-0.4, -0.2) is 23.0 Å². The van der Waals surface area contributed by atoms with E-state index in [1.165, 1.54) is 10.5 Å². The van der Waals surface area contributed by atoms with Gasteiger partial charge in [-0.15, -0.1) is 11.8 Å². The molecule has 0 spiro atoms. The second-order valence-electron chi connectivity index (χ2n) is 4.10. The number of aliphatic hydroxyl groups is 1. The van der Waals surface area contributed by atoms with Crippen molar-refractivity contribution in [3.63, 3.8) is 0 Å². The summed E-state index contributed by atoms with van der Waals surface area (Å²) in [6, 6.07) is 6.31. The third-order valence-corrected chi connectivity index (χ3v) is 4.48. The van der Waals surface area contributed by atoms with Crippen LogP contribution >= 0.6 is 27.7 Å². The van der Waals surface area contributed by atoms with Gasteiger partial charge in [-0.1, -0.05) is 35.8 Å². The van der Waals surface area contributed by atoms with Gasteiger partial charge in [-0.2, -0.15) is 0 Å². The lowest BCUT2D eigenvalue weighted by molar-refractivity contribution is 0.196. The third-order valence-electron chi connectivity index (χ3n) is 2.59. The van der Waals surface area contributed by atoms with Crippen LogP contribution in [0.25, 0.3) is 0 Å². The second-order valence-corrected chi connectivity index (χ2v) is 6.43. The minimum absolute atomic E-state index is 0.199. The van der Waals surface area contributed by atoms with E-state index in [1.54, 1.807) is 11.8 Å². The lowest BCUT2D eigenvalue weighted by Crippen LogP contribution is -2.16. The van der Waals surface area contributed by atoms with Crippen molar-refractivity contribution in [2.45, 2.75) is 43.6 Å². The van der Waals surface area contributed by atoms with Crippen LogP contribution in [0.4, 0.5) is 0 Å². The fourth-order valence-corrected chi connectivity index (χ4v) is 2.94. The molecule has 17 heavy (non-hydrogen) atoms. The van der Waals surface area contributed by atoms with Gasteiger partial charge in [-0.3, -0.25) is 0 Å². The van der Waals surface area contributed by atoms with Crippen LogP contribution in [0, 0.1) is 0 Å². The van der Waals surface area contributed by atoms with Gasteiger partial charge in [0.25, 0.3) is 0 Å². The van der Waals surface area contributed by atoms with Crippen molar-refractivity contribution in [3.8, 4) is 0 Å². The van der Waals surface area contributed by atoms with Crippen molar-refractivity contribution in [1.29, 1.82) is 0 Å². The first kappa shape index (κ1) is 15.0. The van der Waals surface area contributed by atoms with E-state index in [2.05, 4.69) is 46.4 Å². The molecule has 0 saturated carbocycles. The quantitative estimate of drug-likeness (QED) is 0.788. The van der Waals surface area contributed by atoms with E-state index in [-0.39, 0.29) is 11.4 Å². The molecule has 0 aromatic heterocycles. The van der Waals surface area contributed by atoms with Crippen molar-refractivity contribution < 1.29 is 5.11 Å². The molecule has 96 valence electrons. The Labute approximate surface area is 116 Å². The van der Waals surface area contributed by atoms with Crippen molar-refractivity contribution in [2.75, 3.05) is 6.54 Å². The summed E-state index contributed by atoms with van der Waals surface area (Å²) in [5.41, 5.74) is 1.28. The molecule has 1 aromatic rings. The van der Waals surface area contributed by atoms with Crippen LogP contribution in [0.5, 0.6) is 0 Å². The molecule has 0 fully saturated rings. The molecule has 0 radical (unpaired) electrons. The molecule has 1 rings (SSSR count). The number of benzene rings is 1. The SMILES string of the molecule is CCNCc1ccc(Br)cc1SC(C)C(C)O. The van der Waals surface area contributed by atoms with Gasteiger partial charge < -0.3 is 10.4 Å². The maximum Gasteiger partial charge on any atom is 0.0631 e. The van der Waals surface area contributed by atoms with Crippen molar-refractivity contribution in [1.82, 2.24) is 5.32 Å². The number of thioether (sulfide) groups is 1. The summed E-state index contributed by atoms with van der Waals surface area (Å²) in [5, 5.41) is 13.1. The van der Waals surface area contributed by atoms with E-state index in [9.17, 15) is 5.11 Å². The highest BCUT2D eigenvalue weighted by Crippen LogP contribution is 2.31. The van der Waals surface area contributed by atoms with Crippen molar-refractivity contribution in [2.24, 2.45) is 0 Å². The van der Waals surface area contributed by atoms with Gasteiger partial charge in [0.2, 0.25) is 0 Å². The summed E-state index contributed by atoms with van der Waals surface area (Å²) in [6.07, 6.45) is -0.300. The van der Waals surface area contributed by atoms with E-state index < -0.39 is 0 Å². The molecule has 4 heteroatoms. The van der Waals surface area contributed by atoms with Gasteiger partial charge in [0.15, 0.2) is 0 Å². The molecular weight excluding hydrogens is 298 g/mol. The normalized spacial score (nSPS) is 14.6. The first-order valence-electron chi connectivity index (χ1n) is 5.88. The molecule has 1 aromatic carbocycles. The van der Waals surface area contributed by atoms with Gasteiger partial charge in [-0.05, 0) is 31.2 Å². The van der Waals surface area contributed by atoms with Crippen LogP contribution < -0.4 is 5.32 Å². The van der Waals surface area contributed by atoms with Crippen LogP contribution in [-0.2, 0) is 6.54 Å². The molecule has 0 amide bonds. The molecule has 2 nitrogen and oxygen atoms in total. The highest BCUT2D eigenvalue weighted by molar-refractivity contribution is 9.10. The number of rotatable bonds is 6. The molecule has 2 atom stereocenters. The van der Waals surface area contributed by atoms with Gasteiger partial charge in [0, 0.05) is 21.2 Å². The van der Waals surface area contributed by atoms with Gasteiger partial charge in [0.1, 0.15) is 0 Å². The molecule has 2 N–H and O–H groups in total. The molecule has 2 unspecified atom stereocenters. The highest BCUT2D eigenvalue weighted by Gasteiger charge is 2.13. The Balaban J connectivity index is 2.82. The van der Waals surface area contributed by atoms with Crippen molar-refractivity contribution in [3.05, 3.63) is 28.2 Å². The summed E-state index contributed by atoms with van der Waals surface area (Å²) < 4.78 is 1.08. The summed E-state index contributed by atoms with van der Waals surface area (Å²) in [5.74, 6) is 0. The molecular formula is C13H20BrNOS. The largest absolute Gasteiger partial charge is 0.392 e. The molecule has 0 saturated heterocycles. The Hall–Kier alpha value is -0.0300. The Bertz CT molecular complexity index is 357. The van der Waals surface area contributed by atoms with E-state index >= 15 is 0 Å². The number of halogens is 1. The van der Waals surface area contributed by atoms with E-state index in [1.807, 2.05) is 13.8 Å². The molecule has 0 aliphatic rings. The Morgan fingerprint density at radius 1 is 1.41 bits per heavy atom. The summed E-state index contributed by atoms with van der Waals surface area (Å²) >= 11 is 5.22. The zero-order chi connectivity index (χ0) is 12.8. The molecule has 0 aliphatic carbocycles. The first-order chi connectivity index (χ1) is 8.04. The topological polar surface area (TPSA) is 32.3 Å². The standard InChI is InChI=1S/C13H20BrNOS/c1-4-15-8-11-5-6-12(14)7-13(11)17-10(3)9(2)16/h5-7,9-10,15-16H,4,8H2,1-3H3. The van der Waals surface area contributed by atoms with Crippen LogP contribution in [0.3, 0.4) is 0 Å². The minimum Gasteiger partial charge on any atom is -0.392 e. The molecule has 0 aliphatic heterocycles. The number of aliphatic hydroxyl groups excluding tert-OH is 1. The predicted molar refractivity (Wildman–Crippen MR) is 78.5 cm³/mol. The zero-order valence-corrected chi connectivity index (χ0v) is 12.9. The first-order valence-corrected chi connectivity index (χ1v) is 7.55. The lowest BCUT2D eigenvalue weighted by atomic mass is 10.2. The van der Waals surface area contributed by atoms with Gasteiger partial charge in [0.05, 0.1) is 6.10 Å². The monoisotopic (exact) mass is 317 g/mol. The third kappa shape index (κ3) is 5.00. The molecule has 0 bridgehead atoms. The number of nitrogens with one attached hydrogen (secondary N) is 1. The van der Waals surface area contributed by atoms with Crippen molar-refractivity contribution >= 4 is 27.7 Å². The fraction of sp³-hybridized carbons (Fsp3) is 0.538. The summed E-state index contributed by atoms with van der Waals surface area (Å²) in [6.45, 7) is 7.82. The van der Waals surface area contributed by atoms with Crippen LogP contribution in [0.15, 0.2) is 27.6 Å². The maximum atomic E-state index is 9.57. The Kier molecular flexibility index (Phi) is 6.55.